The Morgan fingerprint density at radius 2 is 2.04 bits per heavy atom. The Balaban J connectivity index is 0.00000261. The van der Waals surface area contributed by atoms with E-state index >= 15 is 0 Å². The number of ether oxygens (including phenoxy) is 2. The number of nitriles is 1. The summed E-state index contributed by atoms with van der Waals surface area (Å²) in [6, 6.07) is 11.1. The van der Waals surface area contributed by atoms with Gasteiger partial charge in [-0.2, -0.15) is 5.26 Å². The Hall–Kier alpha value is -2.17. The van der Waals surface area contributed by atoms with Gasteiger partial charge in [0.05, 0.1) is 22.4 Å². The predicted molar refractivity (Wildman–Crippen MR) is 107 cm³/mol. The van der Waals surface area contributed by atoms with E-state index in [0.717, 1.165) is 23.5 Å². The topological polar surface area (TPSA) is 101 Å². The summed E-state index contributed by atoms with van der Waals surface area (Å²) in [4.78, 5) is 0. The lowest BCUT2D eigenvalue weighted by Crippen LogP contribution is -2.32. The summed E-state index contributed by atoms with van der Waals surface area (Å²) in [6.45, 7) is 2.62. The van der Waals surface area contributed by atoms with E-state index in [2.05, 4.69) is 5.32 Å². The average molecular weight is 410 g/mol. The molecule has 2 aromatic carbocycles. The number of anilines is 1. The highest BCUT2D eigenvalue weighted by Crippen LogP contribution is 2.33. The van der Waals surface area contributed by atoms with Gasteiger partial charge in [0.25, 0.3) is 0 Å². The quantitative estimate of drug-likeness (QED) is 0.633. The summed E-state index contributed by atoms with van der Waals surface area (Å²) >= 11 is 6.03. The van der Waals surface area contributed by atoms with Crippen LogP contribution < -0.4 is 20.5 Å². The van der Waals surface area contributed by atoms with E-state index in [4.69, 9.17) is 32.1 Å². The number of nitrogens with zero attached hydrogens (tertiary/aromatic N) is 1. The smallest absolute Gasteiger partial charge is 0.231 e. The summed E-state index contributed by atoms with van der Waals surface area (Å²) in [6.07, 6.45) is -0.0191. The molecular weight excluding hydrogens is 389 g/mol. The zero-order valence-electron chi connectivity index (χ0n) is 14.7. The number of aliphatic hydroxyl groups is 1. The van der Waals surface area contributed by atoms with Gasteiger partial charge in [-0.3, -0.25) is 0 Å². The first-order valence-corrected chi connectivity index (χ1v) is 8.64. The molecule has 0 aliphatic carbocycles. The lowest BCUT2D eigenvalue weighted by molar-refractivity contribution is 0.170. The fraction of sp³-hybridized carbons (Fsp3) is 0.316. The molecule has 0 fully saturated rings. The third-order valence-corrected chi connectivity index (χ3v) is 4.61. The van der Waals surface area contributed by atoms with Crippen molar-refractivity contribution in [2.24, 2.45) is 0 Å². The summed E-state index contributed by atoms with van der Waals surface area (Å²) in [5.41, 5.74) is 7.91. The van der Waals surface area contributed by atoms with Gasteiger partial charge in [0.2, 0.25) is 6.79 Å². The van der Waals surface area contributed by atoms with E-state index in [0.29, 0.717) is 12.1 Å². The van der Waals surface area contributed by atoms with E-state index in [1.165, 1.54) is 0 Å². The molecule has 2 atom stereocenters. The molecule has 1 aliphatic rings. The molecule has 0 radical (unpaired) electrons. The van der Waals surface area contributed by atoms with Crippen molar-refractivity contribution in [2.75, 3.05) is 19.1 Å². The monoisotopic (exact) mass is 409 g/mol. The Morgan fingerprint density at radius 1 is 1.30 bits per heavy atom. The number of nitrogens with one attached hydrogen (secondary N) is 1. The maximum atomic E-state index is 10.4. The first-order valence-electron chi connectivity index (χ1n) is 8.27. The molecule has 0 spiro atoms. The van der Waals surface area contributed by atoms with Crippen molar-refractivity contribution in [3.05, 3.63) is 52.0 Å². The Kier molecular flexibility index (Phi) is 7.17. The molecule has 3 rings (SSSR count). The number of nitrogen functional groups attached to an aromatic ring is 1. The maximum absolute atomic E-state index is 10.4. The fourth-order valence-corrected chi connectivity index (χ4v) is 3.08. The highest BCUT2D eigenvalue weighted by Gasteiger charge is 2.16. The van der Waals surface area contributed by atoms with Gasteiger partial charge in [-0.25, -0.2) is 0 Å². The van der Waals surface area contributed by atoms with Crippen molar-refractivity contribution < 1.29 is 14.6 Å². The second-order valence-electron chi connectivity index (χ2n) is 6.29. The molecule has 0 bridgehead atoms. The lowest BCUT2D eigenvalue weighted by Gasteiger charge is -2.18. The standard InChI is InChI=1S/C19H20ClN3O3.ClH/c1-11(4-12-2-3-17-18(5-12)26-10-25-17)23-9-16(24)13-6-14(8-21)19(22)15(20)7-13;/h2-3,5-7,11,16,23-24H,4,9-10,22H2,1H3;1H. The number of nitrogens with two attached hydrogens (primary N) is 1. The van der Waals surface area contributed by atoms with E-state index in [9.17, 15) is 5.11 Å². The lowest BCUT2D eigenvalue weighted by atomic mass is 10.0. The molecule has 27 heavy (non-hydrogen) atoms. The number of hydrogen-bond donors (Lipinski definition) is 3. The van der Waals surface area contributed by atoms with Gasteiger partial charge in [-0.15, -0.1) is 12.4 Å². The molecular formula is C19H21Cl2N3O3. The van der Waals surface area contributed by atoms with Gasteiger partial charge in [0.15, 0.2) is 11.5 Å². The minimum Gasteiger partial charge on any atom is -0.454 e. The van der Waals surface area contributed by atoms with Crippen LogP contribution in [0.1, 0.15) is 29.7 Å². The van der Waals surface area contributed by atoms with Crippen LogP contribution in [-0.4, -0.2) is 24.5 Å². The fourth-order valence-electron chi connectivity index (χ4n) is 2.85. The summed E-state index contributed by atoms with van der Waals surface area (Å²) in [5.74, 6) is 1.52. The van der Waals surface area contributed by atoms with Crippen LogP contribution in [0.5, 0.6) is 11.5 Å². The third kappa shape index (κ3) is 4.96. The van der Waals surface area contributed by atoms with Gasteiger partial charge in [-0.1, -0.05) is 17.7 Å². The minimum absolute atomic E-state index is 0. The molecule has 144 valence electrons. The maximum Gasteiger partial charge on any atom is 0.231 e. The van der Waals surface area contributed by atoms with Crippen molar-refractivity contribution >= 4 is 29.7 Å². The number of aliphatic hydroxyl groups excluding tert-OH is 1. The third-order valence-electron chi connectivity index (χ3n) is 4.30. The largest absolute Gasteiger partial charge is 0.454 e. The Labute approximate surface area is 169 Å². The number of rotatable bonds is 6. The molecule has 2 unspecified atom stereocenters. The van der Waals surface area contributed by atoms with E-state index in [-0.39, 0.29) is 41.5 Å². The van der Waals surface area contributed by atoms with Gasteiger partial charge >= 0.3 is 0 Å². The van der Waals surface area contributed by atoms with E-state index < -0.39 is 6.10 Å². The SMILES string of the molecule is CC(Cc1ccc2c(c1)OCO2)NCC(O)c1cc(Cl)c(N)c(C#N)c1.Cl. The second kappa shape index (κ2) is 9.16. The number of fused-ring (bicyclic) bond motifs is 1. The van der Waals surface area contributed by atoms with Gasteiger partial charge in [-0.05, 0) is 48.7 Å². The molecule has 8 heteroatoms. The molecule has 2 aromatic rings. The Bertz CT molecular complexity index is 855. The number of benzene rings is 2. The number of hydrogen-bond acceptors (Lipinski definition) is 6. The highest BCUT2D eigenvalue weighted by atomic mass is 35.5. The molecule has 0 saturated carbocycles. The average Bonchev–Trinajstić information content (AvgIpc) is 3.09. The van der Waals surface area contributed by atoms with Crippen molar-refractivity contribution in [1.82, 2.24) is 5.32 Å². The molecule has 6 nitrogen and oxygen atoms in total. The number of halogens is 2. The van der Waals surface area contributed by atoms with Crippen molar-refractivity contribution in [2.45, 2.75) is 25.5 Å². The first-order chi connectivity index (χ1) is 12.5. The van der Waals surface area contributed by atoms with Crippen LogP contribution in [0.2, 0.25) is 5.02 Å². The minimum atomic E-state index is -0.792. The zero-order chi connectivity index (χ0) is 18.7. The highest BCUT2D eigenvalue weighted by molar-refractivity contribution is 6.33. The van der Waals surface area contributed by atoms with Crippen LogP contribution in [0.4, 0.5) is 5.69 Å². The summed E-state index contributed by atoms with van der Waals surface area (Å²) in [7, 11) is 0. The molecule has 4 N–H and O–H groups in total. The molecule has 0 saturated heterocycles. The normalized spacial score (nSPS) is 14.1. The van der Waals surface area contributed by atoms with E-state index in [1.807, 2.05) is 31.2 Å². The van der Waals surface area contributed by atoms with E-state index in [1.54, 1.807) is 12.1 Å². The molecule has 1 aliphatic heterocycles. The van der Waals surface area contributed by atoms with Crippen molar-refractivity contribution in [3.63, 3.8) is 0 Å². The van der Waals surface area contributed by atoms with Crippen LogP contribution in [0, 0.1) is 11.3 Å². The van der Waals surface area contributed by atoms with Gasteiger partial charge in [0.1, 0.15) is 6.07 Å². The predicted octanol–water partition coefficient (Wildman–Crippen LogP) is 3.20. The molecule has 1 heterocycles. The summed E-state index contributed by atoms with van der Waals surface area (Å²) < 4.78 is 10.7. The molecule has 0 amide bonds. The van der Waals surface area contributed by atoms with Crippen LogP contribution in [0.25, 0.3) is 0 Å². The Morgan fingerprint density at radius 3 is 2.78 bits per heavy atom. The van der Waals surface area contributed by atoms with Gasteiger partial charge in [0, 0.05) is 12.6 Å². The van der Waals surface area contributed by atoms with Crippen molar-refractivity contribution in [1.29, 1.82) is 5.26 Å². The van der Waals surface area contributed by atoms with Crippen LogP contribution in [0.3, 0.4) is 0 Å². The van der Waals surface area contributed by atoms with Crippen LogP contribution in [-0.2, 0) is 6.42 Å². The van der Waals surface area contributed by atoms with Crippen molar-refractivity contribution in [3.8, 4) is 17.6 Å². The van der Waals surface area contributed by atoms with Gasteiger partial charge < -0.3 is 25.6 Å². The first kappa shape index (κ1) is 21.1. The summed E-state index contributed by atoms with van der Waals surface area (Å²) in [5, 5.41) is 23.0. The second-order valence-corrected chi connectivity index (χ2v) is 6.70. The van der Waals surface area contributed by atoms with Crippen LogP contribution >= 0.6 is 24.0 Å². The molecule has 0 aromatic heterocycles. The zero-order valence-corrected chi connectivity index (χ0v) is 16.3. The van der Waals surface area contributed by atoms with Crippen LogP contribution in [0.15, 0.2) is 30.3 Å².